The number of nitrogens with zero attached hydrogens (tertiary/aromatic N) is 1. The second-order valence-electron chi connectivity index (χ2n) is 14.2. The molecule has 280 valence electrons. The Hall–Kier alpha value is -1.89. The number of anilines is 2. The zero-order valence-electron chi connectivity index (χ0n) is 32.1. The number of esters is 1. The molecule has 0 heterocycles. The molecule has 0 bridgehead atoms. The number of ether oxygens (including phenoxy) is 1. The van der Waals surface area contributed by atoms with Crippen molar-refractivity contribution in [3.63, 3.8) is 0 Å². The molecule has 2 N–H and O–H groups in total. The first kappa shape index (κ1) is 44.1. The van der Waals surface area contributed by atoms with E-state index in [9.17, 15) is 14.4 Å². The van der Waals surface area contributed by atoms with E-state index in [2.05, 4.69) is 36.3 Å². The van der Waals surface area contributed by atoms with Crippen LogP contribution >= 0.6 is 0 Å². The number of carbonyl (C=O) groups is 1. The summed E-state index contributed by atoms with van der Waals surface area (Å²) in [5, 5.41) is 6.24. The zero-order chi connectivity index (χ0) is 35.1. The highest BCUT2D eigenvalue weighted by molar-refractivity contribution is 5.73. The predicted octanol–water partition coefficient (Wildman–Crippen LogP) is 10.5. The SMILES string of the molecule is CCCCCCCCCCCCCCN(CCCCCCCC(=O)OC(CCCC)CCCCC)CCCNc1c(NCC)c(=O)c1=O. The van der Waals surface area contributed by atoms with E-state index in [1.807, 2.05) is 6.92 Å². The van der Waals surface area contributed by atoms with E-state index >= 15 is 0 Å². The first-order valence-corrected chi connectivity index (χ1v) is 20.7. The van der Waals surface area contributed by atoms with E-state index < -0.39 is 10.9 Å². The van der Waals surface area contributed by atoms with Crippen LogP contribution in [0.2, 0.25) is 0 Å². The van der Waals surface area contributed by atoms with Crippen molar-refractivity contribution in [3.05, 3.63) is 20.4 Å². The molecule has 48 heavy (non-hydrogen) atoms. The normalized spacial score (nSPS) is 12.2. The van der Waals surface area contributed by atoms with Gasteiger partial charge in [0.05, 0.1) is 0 Å². The number of nitrogens with one attached hydrogen (secondary N) is 2. The van der Waals surface area contributed by atoms with Crippen molar-refractivity contribution < 1.29 is 9.53 Å². The van der Waals surface area contributed by atoms with Gasteiger partial charge in [0.1, 0.15) is 17.5 Å². The maximum absolute atomic E-state index is 12.5. The quantitative estimate of drug-likeness (QED) is 0.0416. The third-order valence-corrected chi connectivity index (χ3v) is 9.71. The summed E-state index contributed by atoms with van der Waals surface area (Å²) in [4.78, 5) is 38.9. The maximum Gasteiger partial charge on any atom is 0.306 e. The Bertz CT molecular complexity index is 958. The van der Waals surface area contributed by atoms with Crippen molar-refractivity contribution in [2.75, 3.05) is 43.4 Å². The molecule has 1 aromatic rings. The van der Waals surface area contributed by atoms with Crippen LogP contribution in [-0.2, 0) is 9.53 Å². The number of rotatable bonds is 36. The zero-order valence-corrected chi connectivity index (χ0v) is 32.1. The minimum atomic E-state index is -0.400. The molecule has 0 aromatic heterocycles. The highest BCUT2D eigenvalue weighted by Gasteiger charge is 2.19. The van der Waals surface area contributed by atoms with Crippen molar-refractivity contribution in [2.24, 2.45) is 0 Å². The van der Waals surface area contributed by atoms with E-state index in [-0.39, 0.29) is 12.1 Å². The summed E-state index contributed by atoms with van der Waals surface area (Å²) in [7, 11) is 0. The number of hydrogen-bond donors (Lipinski definition) is 2. The average molecular weight is 676 g/mol. The van der Waals surface area contributed by atoms with E-state index in [1.54, 1.807) is 0 Å². The second-order valence-corrected chi connectivity index (χ2v) is 14.2. The fourth-order valence-corrected chi connectivity index (χ4v) is 6.63. The van der Waals surface area contributed by atoms with Crippen LogP contribution in [0.4, 0.5) is 11.4 Å². The number of unbranched alkanes of at least 4 members (excludes halogenated alkanes) is 18. The molecule has 7 heteroatoms. The molecule has 7 nitrogen and oxygen atoms in total. The van der Waals surface area contributed by atoms with Gasteiger partial charge in [0, 0.05) is 19.5 Å². The van der Waals surface area contributed by atoms with E-state index in [0.717, 1.165) is 77.4 Å². The Kier molecular flexibility index (Phi) is 28.6. The first-order chi connectivity index (χ1) is 23.5. The molecule has 1 atom stereocenters. The molecule has 1 unspecified atom stereocenters. The van der Waals surface area contributed by atoms with Crippen molar-refractivity contribution in [1.29, 1.82) is 0 Å². The fraction of sp³-hybridized carbons (Fsp3) is 0.878. The van der Waals surface area contributed by atoms with Gasteiger partial charge < -0.3 is 20.3 Å². The highest BCUT2D eigenvalue weighted by atomic mass is 16.5. The summed E-state index contributed by atoms with van der Waals surface area (Å²) in [6.45, 7) is 13.2. The molecule has 0 spiro atoms. The predicted molar refractivity (Wildman–Crippen MR) is 207 cm³/mol. The van der Waals surface area contributed by atoms with Crippen LogP contribution < -0.4 is 21.5 Å². The van der Waals surface area contributed by atoms with Gasteiger partial charge in [0.15, 0.2) is 0 Å². The van der Waals surface area contributed by atoms with Crippen LogP contribution in [0, 0.1) is 0 Å². The lowest BCUT2D eigenvalue weighted by molar-refractivity contribution is -0.150. The van der Waals surface area contributed by atoms with Gasteiger partial charge in [0.2, 0.25) is 0 Å². The van der Waals surface area contributed by atoms with Crippen LogP contribution in [0.5, 0.6) is 0 Å². The van der Waals surface area contributed by atoms with Gasteiger partial charge in [0.25, 0.3) is 10.9 Å². The largest absolute Gasteiger partial charge is 0.462 e. The molecule has 0 fully saturated rings. The van der Waals surface area contributed by atoms with Crippen molar-refractivity contribution in [1.82, 2.24) is 4.90 Å². The molecule has 0 saturated heterocycles. The van der Waals surface area contributed by atoms with E-state index in [1.165, 1.54) is 103 Å². The van der Waals surface area contributed by atoms with Gasteiger partial charge in [-0.3, -0.25) is 14.4 Å². The summed E-state index contributed by atoms with van der Waals surface area (Å²) in [6, 6.07) is 0. The van der Waals surface area contributed by atoms with Crippen LogP contribution in [-0.4, -0.2) is 49.7 Å². The van der Waals surface area contributed by atoms with Gasteiger partial charge in [-0.25, -0.2) is 0 Å². The van der Waals surface area contributed by atoms with Gasteiger partial charge in [-0.2, -0.15) is 0 Å². The van der Waals surface area contributed by atoms with Gasteiger partial charge in [-0.15, -0.1) is 0 Å². The topological polar surface area (TPSA) is 87.7 Å². The molecular formula is C41H77N3O4. The lowest BCUT2D eigenvalue weighted by Gasteiger charge is -2.23. The Balaban J connectivity index is 2.33. The minimum absolute atomic E-state index is 0.00359. The lowest BCUT2D eigenvalue weighted by atomic mass is 10.0. The standard InChI is InChI=1S/C41H77N3O4/c1-5-9-12-13-14-15-16-17-18-19-22-26-33-44(35-28-32-43-39-38(42-8-4)40(46)41(39)47)34-27-23-20-21-25-31-37(45)48-36(29-11-7-3)30-24-10-6-2/h36,42-43H,5-35H2,1-4H3. The maximum atomic E-state index is 12.5. The second kappa shape index (κ2) is 31.1. The average Bonchev–Trinajstić information content (AvgIpc) is 3.09. The van der Waals surface area contributed by atoms with Gasteiger partial charge in [-0.1, -0.05) is 136 Å². The van der Waals surface area contributed by atoms with Crippen molar-refractivity contribution in [2.45, 2.75) is 201 Å². The summed E-state index contributed by atoms with van der Waals surface area (Å²) in [6.07, 6.45) is 31.4. The fourth-order valence-electron chi connectivity index (χ4n) is 6.63. The molecular weight excluding hydrogens is 598 g/mol. The first-order valence-electron chi connectivity index (χ1n) is 20.7. The van der Waals surface area contributed by atoms with E-state index in [4.69, 9.17) is 4.74 Å². The number of carbonyl (C=O) groups excluding carboxylic acids is 1. The molecule has 0 amide bonds. The molecule has 0 aliphatic carbocycles. The van der Waals surface area contributed by atoms with Crippen LogP contribution in [0.1, 0.15) is 195 Å². The Morgan fingerprint density at radius 2 is 0.979 bits per heavy atom. The summed E-state index contributed by atoms with van der Waals surface area (Å²) in [5.74, 6) is -0.00359. The molecule has 0 aliphatic rings. The molecule has 1 aromatic carbocycles. The monoisotopic (exact) mass is 676 g/mol. The van der Waals surface area contributed by atoms with Crippen LogP contribution in [0.15, 0.2) is 9.59 Å². The minimum Gasteiger partial charge on any atom is -0.462 e. The van der Waals surface area contributed by atoms with Crippen LogP contribution in [0.3, 0.4) is 0 Å². The van der Waals surface area contributed by atoms with E-state index in [0.29, 0.717) is 30.9 Å². The Morgan fingerprint density at radius 1 is 0.542 bits per heavy atom. The summed E-state index contributed by atoms with van der Waals surface area (Å²) in [5.41, 5.74) is 0.123. The van der Waals surface area contributed by atoms with Crippen LogP contribution in [0.25, 0.3) is 0 Å². The third-order valence-electron chi connectivity index (χ3n) is 9.71. The van der Waals surface area contributed by atoms with Gasteiger partial charge in [-0.05, 0) is 71.5 Å². The molecule has 0 radical (unpaired) electrons. The Labute approximate surface area is 295 Å². The smallest absolute Gasteiger partial charge is 0.306 e. The highest BCUT2D eigenvalue weighted by Crippen LogP contribution is 2.17. The molecule has 0 saturated carbocycles. The summed E-state index contributed by atoms with van der Waals surface area (Å²) >= 11 is 0. The van der Waals surface area contributed by atoms with Crippen molar-refractivity contribution >= 4 is 17.3 Å². The van der Waals surface area contributed by atoms with Crippen molar-refractivity contribution in [3.8, 4) is 0 Å². The number of hydrogen-bond acceptors (Lipinski definition) is 7. The summed E-state index contributed by atoms with van der Waals surface area (Å²) < 4.78 is 5.86. The molecule has 0 aliphatic heterocycles. The molecule has 1 rings (SSSR count). The van der Waals surface area contributed by atoms with Gasteiger partial charge >= 0.3 is 5.97 Å². The Morgan fingerprint density at radius 3 is 1.52 bits per heavy atom. The lowest BCUT2D eigenvalue weighted by Crippen LogP contribution is -2.38. The third kappa shape index (κ3) is 22.0.